The lowest BCUT2D eigenvalue weighted by atomic mass is 9.81. The number of nitrogens with two attached hydrogens (primary N) is 1. The van der Waals surface area contributed by atoms with Gasteiger partial charge in [0.15, 0.2) is 0 Å². The van der Waals surface area contributed by atoms with Crippen molar-refractivity contribution in [2.75, 3.05) is 7.05 Å². The molecule has 0 unspecified atom stereocenters. The predicted molar refractivity (Wildman–Crippen MR) is 121 cm³/mol. The van der Waals surface area contributed by atoms with E-state index in [0.29, 0.717) is 17.1 Å². The van der Waals surface area contributed by atoms with Crippen LogP contribution in [0.1, 0.15) is 46.1 Å². The van der Waals surface area contributed by atoms with Gasteiger partial charge in [-0.15, -0.1) is 10.2 Å². The van der Waals surface area contributed by atoms with E-state index in [-0.39, 0.29) is 22.9 Å². The molecule has 1 saturated heterocycles. The number of nitrogens with zero attached hydrogens (tertiary/aromatic N) is 3. The van der Waals surface area contributed by atoms with Crippen LogP contribution in [0.3, 0.4) is 0 Å². The summed E-state index contributed by atoms with van der Waals surface area (Å²) in [7, 11) is 1.67. The SMILES string of the molecule is CN=CC(=CN)c1ccc(-c2ccc(OC3CC(C)(C)NC(C)(C)C3)nn2)c(O)c1. The lowest BCUT2D eigenvalue weighted by Crippen LogP contribution is -2.60. The first-order chi connectivity index (χ1) is 14.1. The van der Waals surface area contributed by atoms with Crippen molar-refractivity contribution in [3.8, 4) is 22.9 Å². The average molecular weight is 410 g/mol. The number of benzene rings is 1. The van der Waals surface area contributed by atoms with Gasteiger partial charge in [-0.1, -0.05) is 6.07 Å². The largest absolute Gasteiger partial charge is 0.507 e. The number of ether oxygens (including phenoxy) is 1. The van der Waals surface area contributed by atoms with E-state index in [1.54, 1.807) is 31.5 Å². The molecule has 0 spiro atoms. The Morgan fingerprint density at radius 1 is 1.17 bits per heavy atom. The summed E-state index contributed by atoms with van der Waals surface area (Å²) >= 11 is 0. The first-order valence-corrected chi connectivity index (χ1v) is 10.1. The fourth-order valence-corrected chi connectivity index (χ4v) is 4.29. The van der Waals surface area contributed by atoms with Gasteiger partial charge >= 0.3 is 0 Å². The summed E-state index contributed by atoms with van der Waals surface area (Å²) in [6, 6.07) is 8.90. The molecule has 0 amide bonds. The zero-order valence-corrected chi connectivity index (χ0v) is 18.3. The van der Waals surface area contributed by atoms with Gasteiger partial charge in [0.25, 0.3) is 0 Å². The quantitative estimate of drug-likeness (QED) is 0.652. The average Bonchev–Trinajstić information content (AvgIpc) is 2.64. The molecule has 1 aromatic carbocycles. The Hall–Kier alpha value is -2.93. The number of piperidine rings is 1. The van der Waals surface area contributed by atoms with Gasteiger partial charge in [0.1, 0.15) is 11.9 Å². The van der Waals surface area contributed by atoms with Crippen LogP contribution in [0.2, 0.25) is 0 Å². The molecule has 0 bridgehead atoms. The molecule has 1 fully saturated rings. The smallest absolute Gasteiger partial charge is 0.233 e. The second kappa shape index (κ2) is 8.44. The fourth-order valence-electron chi connectivity index (χ4n) is 4.29. The van der Waals surface area contributed by atoms with Crippen LogP contribution < -0.4 is 15.8 Å². The first-order valence-electron chi connectivity index (χ1n) is 10.1. The van der Waals surface area contributed by atoms with Crippen molar-refractivity contribution in [2.24, 2.45) is 10.7 Å². The van der Waals surface area contributed by atoms with Crippen LogP contribution in [0.15, 0.2) is 41.5 Å². The number of nitrogens with one attached hydrogen (secondary N) is 1. The summed E-state index contributed by atoms with van der Waals surface area (Å²) in [6.07, 6.45) is 4.94. The van der Waals surface area contributed by atoms with E-state index >= 15 is 0 Å². The maximum atomic E-state index is 10.5. The van der Waals surface area contributed by atoms with Crippen molar-refractivity contribution in [1.29, 1.82) is 0 Å². The molecule has 1 aliphatic rings. The highest BCUT2D eigenvalue weighted by molar-refractivity contribution is 6.09. The lowest BCUT2D eigenvalue weighted by molar-refractivity contribution is 0.0524. The first kappa shape index (κ1) is 21.8. The molecule has 0 saturated carbocycles. The predicted octanol–water partition coefficient (Wildman–Crippen LogP) is 3.54. The summed E-state index contributed by atoms with van der Waals surface area (Å²) in [4.78, 5) is 3.97. The monoisotopic (exact) mass is 409 g/mol. The molecule has 30 heavy (non-hydrogen) atoms. The van der Waals surface area contributed by atoms with Crippen molar-refractivity contribution in [2.45, 2.75) is 57.7 Å². The minimum atomic E-state index is -0.00731. The highest BCUT2D eigenvalue weighted by Crippen LogP contribution is 2.33. The Labute approximate surface area is 178 Å². The standard InChI is InChI=1S/C23H31N5O2/c1-22(2)11-17(12-23(3,4)28-22)30-21-9-8-19(26-27-21)18-7-6-15(10-20(18)29)16(13-24)14-25-5/h6-10,13-14,17,28-29H,11-12,24H2,1-5H3. The van der Waals surface area contributed by atoms with Crippen LogP contribution in [0.4, 0.5) is 0 Å². The number of hydrogen-bond donors (Lipinski definition) is 3. The highest BCUT2D eigenvalue weighted by Gasteiger charge is 2.38. The number of rotatable bonds is 5. The van der Waals surface area contributed by atoms with E-state index in [9.17, 15) is 5.11 Å². The van der Waals surface area contributed by atoms with Crippen LogP contribution in [0, 0.1) is 0 Å². The summed E-state index contributed by atoms with van der Waals surface area (Å²) in [6.45, 7) is 8.73. The molecule has 0 aliphatic carbocycles. The number of aromatic hydroxyl groups is 1. The summed E-state index contributed by atoms with van der Waals surface area (Å²) < 4.78 is 6.13. The van der Waals surface area contributed by atoms with Gasteiger partial charge in [0.2, 0.25) is 5.88 Å². The Kier molecular flexibility index (Phi) is 6.12. The van der Waals surface area contributed by atoms with Gasteiger partial charge in [0.05, 0.1) is 5.69 Å². The van der Waals surface area contributed by atoms with Gasteiger partial charge in [-0.25, -0.2) is 0 Å². The van der Waals surface area contributed by atoms with E-state index in [4.69, 9.17) is 10.5 Å². The summed E-state index contributed by atoms with van der Waals surface area (Å²) in [5.74, 6) is 0.585. The minimum Gasteiger partial charge on any atom is -0.507 e. The second-order valence-electron chi connectivity index (χ2n) is 9.04. The zero-order chi connectivity index (χ0) is 21.9. The highest BCUT2D eigenvalue weighted by atomic mass is 16.5. The van der Waals surface area contributed by atoms with Crippen LogP contribution >= 0.6 is 0 Å². The fraction of sp³-hybridized carbons (Fsp3) is 0.435. The van der Waals surface area contributed by atoms with Gasteiger partial charge < -0.3 is 20.9 Å². The Morgan fingerprint density at radius 2 is 1.87 bits per heavy atom. The third kappa shape index (κ3) is 5.16. The van der Waals surface area contributed by atoms with E-state index < -0.39 is 0 Å². The van der Waals surface area contributed by atoms with E-state index in [0.717, 1.165) is 24.0 Å². The molecule has 0 atom stereocenters. The molecule has 7 heteroatoms. The number of aliphatic imine (C=N–C) groups is 1. The lowest BCUT2D eigenvalue weighted by Gasteiger charge is -2.46. The van der Waals surface area contributed by atoms with Crippen molar-refractivity contribution < 1.29 is 9.84 Å². The topological polar surface area (TPSA) is 106 Å². The zero-order valence-electron chi connectivity index (χ0n) is 18.3. The Balaban J connectivity index is 1.76. The van der Waals surface area contributed by atoms with Crippen molar-refractivity contribution in [1.82, 2.24) is 15.5 Å². The van der Waals surface area contributed by atoms with Crippen LogP contribution in [-0.2, 0) is 0 Å². The molecule has 3 rings (SSSR count). The molecule has 1 aliphatic heterocycles. The Bertz CT molecular complexity index is 933. The van der Waals surface area contributed by atoms with Crippen molar-refractivity contribution in [3.05, 3.63) is 42.1 Å². The van der Waals surface area contributed by atoms with Gasteiger partial charge in [-0.2, -0.15) is 0 Å². The number of phenols is 1. The number of allylic oxidation sites excluding steroid dienone is 1. The van der Waals surface area contributed by atoms with Crippen LogP contribution in [0.5, 0.6) is 11.6 Å². The van der Waals surface area contributed by atoms with Gasteiger partial charge in [0, 0.05) is 60.6 Å². The third-order valence-corrected chi connectivity index (χ3v) is 5.13. The van der Waals surface area contributed by atoms with Gasteiger partial charge in [-0.3, -0.25) is 4.99 Å². The van der Waals surface area contributed by atoms with Gasteiger partial charge in [-0.05, 0) is 51.5 Å². The molecule has 1 aromatic heterocycles. The molecule has 160 valence electrons. The minimum absolute atomic E-state index is 0.00731. The molecule has 2 heterocycles. The third-order valence-electron chi connectivity index (χ3n) is 5.13. The van der Waals surface area contributed by atoms with Crippen LogP contribution in [-0.4, -0.2) is 45.7 Å². The molecule has 4 N–H and O–H groups in total. The van der Waals surface area contributed by atoms with E-state index in [1.807, 2.05) is 12.1 Å². The molecular formula is C23H31N5O2. The maximum absolute atomic E-state index is 10.5. The molecule has 7 nitrogen and oxygen atoms in total. The number of phenolic OH excluding ortho intramolecular Hbond substituents is 1. The summed E-state index contributed by atoms with van der Waals surface area (Å²) in [5.41, 5.74) is 8.28. The normalized spacial score (nSPS) is 19.2. The molecule has 2 aromatic rings. The molecular weight excluding hydrogens is 378 g/mol. The van der Waals surface area contributed by atoms with E-state index in [1.165, 1.54) is 6.20 Å². The second-order valence-corrected chi connectivity index (χ2v) is 9.04. The van der Waals surface area contributed by atoms with Crippen molar-refractivity contribution >= 4 is 11.8 Å². The maximum Gasteiger partial charge on any atom is 0.233 e. The van der Waals surface area contributed by atoms with Crippen molar-refractivity contribution in [3.63, 3.8) is 0 Å². The molecule has 0 radical (unpaired) electrons. The summed E-state index contributed by atoms with van der Waals surface area (Å²) in [5, 5.41) is 22.6. The number of hydrogen-bond acceptors (Lipinski definition) is 7. The number of aromatic nitrogens is 2. The van der Waals surface area contributed by atoms with E-state index in [2.05, 4.69) is 48.2 Å². The Morgan fingerprint density at radius 3 is 2.40 bits per heavy atom. The van der Waals surface area contributed by atoms with Crippen LogP contribution in [0.25, 0.3) is 16.8 Å².